The van der Waals surface area contributed by atoms with Crippen LogP contribution in [0.2, 0.25) is 0 Å². The Labute approximate surface area is 125 Å². The highest BCUT2D eigenvalue weighted by Crippen LogP contribution is 2.29. The van der Waals surface area contributed by atoms with E-state index < -0.39 is 10.0 Å². The number of sulfonamides is 1. The van der Waals surface area contributed by atoms with Gasteiger partial charge in [-0.1, -0.05) is 6.92 Å². The summed E-state index contributed by atoms with van der Waals surface area (Å²) < 4.78 is 32.4. The maximum Gasteiger partial charge on any atom is 0.252 e. The van der Waals surface area contributed by atoms with Crippen molar-refractivity contribution in [2.24, 2.45) is 5.73 Å². The number of aryl methyl sites for hydroxylation is 1. The van der Waals surface area contributed by atoms with Crippen LogP contribution < -0.4 is 5.73 Å². The average molecular weight is 320 g/mol. The summed E-state index contributed by atoms with van der Waals surface area (Å²) in [6.07, 6.45) is 0.761. The first-order chi connectivity index (χ1) is 9.38. The summed E-state index contributed by atoms with van der Waals surface area (Å²) in [5.41, 5.74) is 6.57. The van der Waals surface area contributed by atoms with Gasteiger partial charge in [0.15, 0.2) is 0 Å². The maximum atomic E-state index is 12.8. The van der Waals surface area contributed by atoms with Crippen molar-refractivity contribution in [2.75, 3.05) is 20.3 Å². The Hall–Kier alpha value is -0.470. The highest BCUT2D eigenvalue weighted by atomic mass is 32.2. The number of methoxy groups -OCH3 is 1. The van der Waals surface area contributed by atoms with E-state index in [2.05, 4.69) is 0 Å². The Kier molecular flexibility index (Phi) is 6.60. The van der Waals surface area contributed by atoms with Crippen LogP contribution >= 0.6 is 11.3 Å². The summed E-state index contributed by atoms with van der Waals surface area (Å²) >= 11 is 1.26. The van der Waals surface area contributed by atoms with Crippen LogP contribution in [0.1, 0.15) is 30.7 Å². The number of nitrogens with zero attached hydrogens (tertiary/aromatic N) is 1. The summed E-state index contributed by atoms with van der Waals surface area (Å²) in [4.78, 5) is 0.916. The quantitative estimate of drug-likeness (QED) is 0.794. The van der Waals surface area contributed by atoms with E-state index in [1.165, 1.54) is 15.6 Å². The molecule has 0 aromatic carbocycles. The molecule has 0 aliphatic carbocycles. The molecule has 0 radical (unpaired) electrons. The van der Waals surface area contributed by atoms with Crippen molar-refractivity contribution in [1.29, 1.82) is 0 Å². The van der Waals surface area contributed by atoms with Crippen molar-refractivity contribution >= 4 is 21.4 Å². The molecule has 116 valence electrons. The lowest BCUT2D eigenvalue weighted by Crippen LogP contribution is -2.40. The molecule has 0 fully saturated rings. The topological polar surface area (TPSA) is 72.6 Å². The highest BCUT2D eigenvalue weighted by Gasteiger charge is 2.29. The zero-order valence-corrected chi connectivity index (χ0v) is 14.2. The van der Waals surface area contributed by atoms with E-state index in [0.717, 1.165) is 16.9 Å². The van der Waals surface area contributed by atoms with Crippen LogP contribution in [0, 0.1) is 6.92 Å². The number of hydrogen-bond acceptors (Lipinski definition) is 5. The molecule has 0 bridgehead atoms. The molecule has 2 N–H and O–H groups in total. The molecule has 20 heavy (non-hydrogen) atoms. The van der Waals surface area contributed by atoms with Gasteiger partial charge in [-0.05, 0) is 31.9 Å². The van der Waals surface area contributed by atoms with Gasteiger partial charge in [0.1, 0.15) is 4.21 Å². The molecular weight excluding hydrogens is 296 g/mol. The van der Waals surface area contributed by atoms with Gasteiger partial charge < -0.3 is 10.5 Å². The summed E-state index contributed by atoms with van der Waals surface area (Å²) in [5, 5.41) is 0. The van der Waals surface area contributed by atoms with E-state index in [4.69, 9.17) is 10.5 Å². The Morgan fingerprint density at radius 3 is 2.60 bits per heavy atom. The maximum absolute atomic E-state index is 12.8. The van der Waals surface area contributed by atoms with E-state index in [9.17, 15) is 8.42 Å². The van der Waals surface area contributed by atoms with Gasteiger partial charge in [-0.3, -0.25) is 0 Å². The van der Waals surface area contributed by atoms with Crippen molar-refractivity contribution in [2.45, 2.75) is 44.0 Å². The van der Waals surface area contributed by atoms with Crippen molar-refractivity contribution < 1.29 is 13.2 Å². The van der Waals surface area contributed by atoms with Gasteiger partial charge in [-0.2, -0.15) is 4.31 Å². The molecule has 0 amide bonds. The fourth-order valence-corrected chi connectivity index (χ4v) is 5.18. The molecule has 0 aliphatic rings. The van der Waals surface area contributed by atoms with Crippen LogP contribution in [0.4, 0.5) is 0 Å². The molecule has 7 heteroatoms. The molecule has 5 nitrogen and oxygen atoms in total. The molecule has 1 aromatic heterocycles. The molecule has 1 aromatic rings. The summed E-state index contributed by atoms with van der Waals surface area (Å²) in [6.45, 7) is 6.90. The predicted molar refractivity (Wildman–Crippen MR) is 82.5 cm³/mol. The summed E-state index contributed by atoms with van der Waals surface area (Å²) in [5.74, 6) is 0. The third-order valence-corrected chi connectivity index (χ3v) is 7.07. The molecule has 0 saturated heterocycles. The minimum atomic E-state index is -3.48. The van der Waals surface area contributed by atoms with E-state index in [1.54, 1.807) is 13.2 Å². The van der Waals surface area contributed by atoms with E-state index in [-0.39, 0.29) is 6.04 Å². The minimum Gasteiger partial charge on any atom is -0.383 e. The molecule has 1 unspecified atom stereocenters. The lowest BCUT2D eigenvalue weighted by molar-refractivity contribution is 0.167. The molecular formula is C13H24N2O3S2. The smallest absolute Gasteiger partial charge is 0.252 e. The fourth-order valence-electron chi connectivity index (χ4n) is 1.90. The van der Waals surface area contributed by atoms with Gasteiger partial charge in [0.05, 0.1) is 6.61 Å². The first-order valence-corrected chi connectivity index (χ1v) is 8.94. The third-order valence-electron chi connectivity index (χ3n) is 3.34. The SMILES string of the molecule is CCC(C)N(CCOC)S(=O)(=O)c1cc(C)c(CN)s1. The second-order valence-corrected chi connectivity index (χ2v) is 8.00. The van der Waals surface area contributed by atoms with Gasteiger partial charge in [0.25, 0.3) is 10.0 Å². The molecule has 0 aliphatic heterocycles. The van der Waals surface area contributed by atoms with Crippen LogP contribution in [-0.4, -0.2) is 39.0 Å². The monoisotopic (exact) mass is 320 g/mol. The predicted octanol–water partition coefficient (Wildman–Crippen LogP) is 1.95. The lowest BCUT2D eigenvalue weighted by Gasteiger charge is -2.26. The highest BCUT2D eigenvalue weighted by molar-refractivity contribution is 7.91. The van der Waals surface area contributed by atoms with Crippen LogP contribution in [0.5, 0.6) is 0 Å². The second kappa shape index (κ2) is 7.51. The van der Waals surface area contributed by atoms with Gasteiger partial charge in [0.2, 0.25) is 0 Å². The normalized spacial score (nSPS) is 13.9. The van der Waals surface area contributed by atoms with Gasteiger partial charge in [-0.25, -0.2) is 8.42 Å². The van der Waals surface area contributed by atoms with Crippen LogP contribution in [0.3, 0.4) is 0 Å². The number of thiophene rings is 1. The lowest BCUT2D eigenvalue weighted by atomic mass is 10.3. The Balaban J connectivity index is 3.14. The molecule has 0 spiro atoms. The Morgan fingerprint density at radius 2 is 2.15 bits per heavy atom. The first kappa shape index (κ1) is 17.6. The van der Waals surface area contributed by atoms with E-state index in [0.29, 0.717) is 23.9 Å². The first-order valence-electron chi connectivity index (χ1n) is 6.68. The third kappa shape index (κ3) is 3.79. The summed E-state index contributed by atoms with van der Waals surface area (Å²) in [7, 11) is -1.91. The number of rotatable bonds is 8. The molecule has 1 atom stereocenters. The van der Waals surface area contributed by atoms with Crippen molar-refractivity contribution in [3.05, 3.63) is 16.5 Å². The molecule has 0 saturated carbocycles. The summed E-state index contributed by atoms with van der Waals surface area (Å²) in [6, 6.07) is 1.66. The minimum absolute atomic E-state index is 0.0566. The fraction of sp³-hybridized carbons (Fsp3) is 0.692. The van der Waals surface area contributed by atoms with Crippen LogP contribution in [0.25, 0.3) is 0 Å². The molecule has 1 heterocycles. The number of nitrogens with two attached hydrogens (primary N) is 1. The largest absolute Gasteiger partial charge is 0.383 e. The van der Waals surface area contributed by atoms with Gasteiger partial charge >= 0.3 is 0 Å². The van der Waals surface area contributed by atoms with Crippen LogP contribution in [-0.2, 0) is 21.3 Å². The van der Waals surface area contributed by atoms with Gasteiger partial charge in [0, 0.05) is 31.1 Å². The standard InChI is InChI=1S/C13H24N2O3S2/c1-5-11(3)15(6-7-18-4)20(16,17)13-8-10(2)12(9-14)19-13/h8,11H,5-7,9,14H2,1-4H3. The number of hydrogen-bond donors (Lipinski definition) is 1. The zero-order valence-electron chi connectivity index (χ0n) is 12.5. The zero-order chi connectivity index (χ0) is 15.3. The van der Waals surface area contributed by atoms with Crippen molar-refractivity contribution in [3.8, 4) is 0 Å². The number of ether oxygens (including phenoxy) is 1. The second-order valence-electron chi connectivity index (χ2n) is 4.74. The van der Waals surface area contributed by atoms with E-state index in [1.807, 2.05) is 20.8 Å². The Morgan fingerprint density at radius 1 is 1.50 bits per heavy atom. The van der Waals surface area contributed by atoms with Crippen LogP contribution in [0.15, 0.2) is 10.3 Å². The van der Waals surface area contributed by atoms with Crippen molar-refractivity contribution in [3.63, 3.8) is 0 Å². The van der Waals surface area contributed by atoms with Gasteiger partial charge in [-0.15, -0.1) is 11.3 Å². The molecule has 1 rings (SSSR count). The Bertz CT molecular complexity index is 526. The van der Waals surface area contributed by atoms with E-state index >= 15 is 0 Å². The van der Waals surface area contributed by atoms with Crippen molar-refractivity contribution in [1.82, 2.24) is 4.31 Å². The average Bonchev–Trinajstić information content (AvgIpc) is 2.80.